The number of phenolic OH excluding ortho intramolecular Hbond substituents is 1. The van der Waals surface area contributed by atoms with Crippen LogP contribution in [0.2, 0.25) is 0 Å². The van der Waals surface area contributed by atoms with Crippen LogP contribution in [0.5, 0.6) is 5.75 Å². The second kappa shape index (κ2) is 19.8. The van der Waals surface area contributed by atoms with Gasteiger partial charge in [0.05, 0.1) is 6.54 Å². The predicted molar refractivity (Wildman–Crippen MR) is 187 cm³/mol. The van der Waals surface area contributed by atoms with E-state index in [9.17, 15) is 43.8 Å². The topological polar surface area (TPSA) is 258 Å². The van der Waals surface area contributed by atoms with E-state index in [1.54, 1.807) is 26.0 Å². The van der Waals surface area contributed by atoms with Crippen molar-refractivity contribution in [2.24, 2.45) is 11.7 Å². The minimum Gasteiger partial charge on any atom is -0.508 e. The minimum absolute atomic E-state index is 0.0412. The van der Waals surface area contributed by atoms with E-state index in [1.807, 2.05) is 18.2 Å². The number of nitrogens with zero attached hydrogens (tertiary/aromatic N) is 1. The highest BCUT2D eigenvalue weighted by molar-refractivity contribution is 5.96. The number of hydrogen-bond donors (Lipinski definition) is 8. The largest absolute Gasteiger partial charge is 0.508 e. The van der Waals surface area contributed by atoms with Crippen molar-refractivity contribution in [3.05, 3.63) is 65.7 Å². The summed E-state index contributed by atoms with van der Waals surface area (Å²) < 4.78 is 0. The third-order valence-electron chi connectivity index (χ3n) is 9.00. The third kappa shape index (κ3) is 12.1. The third-order valence-corrected chi connectivity index (χ3v) is 9.00. The lowest BCUT2D eigenvalue weighted by atomic mass is 9.96. The standard InChI is InChI=1S/C36H48N6O10/c1-3-21(2)31(34(49)40-26(18-23-11-13-24(43)14-12-23)32(47)39-25(36(51)52)15-16-30(45)46)41-33(48)28-10-7-17-42(28)35(50)27(38-29(44)20-37)19-22-8-5-4-6-9-22/h4-6,8-9,11-14,21,25-28,31,43H,3,7,10,15-20,37H2,1-2H3,(H,38,44)(H,39,47)(H,40,49)(H,41,48)(H,45,46)(H,51,52)/t21-,25-,26-,27-,28-,31-/m0/s1. The Morgan fingerprint density at radius 2 is 1.44 bits per heavy atom. The number of aliphatic carboxylic acids is 2. The molecule has 3 rings (SSSR count). The number of carboxylic acid groups (broad SMARTS) is 2. The summed E-state index contributed by atoms with van der Waals surface area (Å²) in [6, 6.07) is 8.79. The molecule has 0 aromatic heterocycles. The number of nitrogens with two attached hydrogens (primary N) is 1. The van der Waals surface area contributed by atoms with Crippen LogP contribution < -0.4 is 27.0 Å². The Bertz CT molecular complexity index is 1570. The van der Waals surface area contributed by atoms with Crippen LogP contribution in [0.25, 0.3) is 0 Å². The van der Waals surface area contributed by atoms with E-state index in [-0.39, 0.29) is 31.7 Å². The number of hydrogen-bond acceptors (Lipinski definition) is 9. The first kappa shape index (κ1) is 40.9. The van der Waals surface area contributed by atoms with Crippen LogP contribution in [0.15, 0.2) is 54.6 Å². The van der Waals surface area contributed by atoms with Crippen molar-refractivity contribution >= 4 is 41.5 Å². The van der Waals surface area contributed by atoms with Gasteiger partial charge in [-0.25, -0.2) is 4.79 Å². The fourth-order valence-electron chi connectivity index (χ4n) is 5.89. The van der Waals surface area contributed by atoms with Crippen LogP contribution in [-0.2, 0) is 46.4 Å². The summed E-state index contributed by atoms with van der Waals surface area (Å²) in [6.07, 6.45) is 0.329. The van der Waals surface area contributed by atoms with E-state index in [0.717, 1.165) is 5.56 Å². The van der Waals surface area contributed by atoms with Gasteiger partial charge in [-0.1, -0.05) is 62.7 Å². The van der Waals surface area contributed by atoms with Gasteiger partial charge in [0.2, 0.25) is 29.5 Å². The molecule has 16 nitrogen and oxygen atoms in total. The summed E-state index contributed by atoms with van der Waals surface area (Å²) in [4.78, 5) is 91.6. The molecule has 5 amide bonds. The molecule has 6 atom stereocenters. The molecule has 282 valence electrons. The van der Waals surface area contributed by atoms with Crippen LogP contribution in [0, 0.1) is 5.92 Å². The van der Waals surface area contributed by atoms with Gasteiger partial charge in [0.25, 0.3) is 0 Å². The lowest BCUT2D eigenvalue weighted by Gasteiger charge is -2.31. The summed E-state index contributed by atoms with van der Waals surface area (Å²) in [5.74, 6) is -6.47. The number of rotatable bonds is 19. The molecule has 16 heteroatoms. The number of benzene rings is 2. The lowest BCUT2D eigenvalue weighted by molar-refractivity contribution is -0.143. The zero-order valence-electron chi connectivity index (χ0n) is 29.2. The molecular weight excluding hydrogens is 676 g/mol. The van der Waals surface area contributed by atoms with Gasteiger partial charge in [0.15, 0.2) is 0 Å². The van der Waals surface area contributed by atoms with Gasteiger partial charge in [0, 0.05) is 25.8 Å². The molecule has 1 heterocycles. The molecular formula is C36H48N6O10. The summed E-state index contributed by atoms with van der Waals surface area (Å²) in [6.45, 7) is 3.43. The van der Waals surface area contributed by atoms with Crippen LogP contribution in [-0.4, -0.2) is 105 Å². The fourth-order valence-corrected chi connectivity index (χ4v) is 5.89. The number of phenols is 1. The molecule has 52 heavy (non-hydrogen) atoms. The van der Waals surface area contributed by atoms with Crippen LogP contribution in [0.4, 0.5) is 0 Å². The van der Waals surface area contributed by atoms with Gasteiger partial charge in [-0.2, -0.15) is 0 Å². The summed E-state index contributed by atoms with van der Waals surface area (Å²) in [5, 5.41) is 38.7. The van der Waals surface area contributed by atoms with E-state index in [4.69, 9.17) is 10.8 Å². The van der Waals surface area contributed by atoms with Crippen molar-refractivity contribution in [3.8, 4) is 5.75 Å². The fraction of sp³-hybridized carbons (Fsp3) is 0.472. The number of carboxylic acids is 2. The maximum Gasteiger partial charge on any atom is 0.326 e. The van der Waals surface area contributed by atoms with E-state index in [0.29, 0.717) is 24.8 Å². The molecule has 0 aliphatic carbocycles. The Balaban J connectivity index is 1.83. The van der Waals surface area contributed by atoms with Crippen molar-refractivity contribution in [1.82, 2.24) is 26.2 Å². The quantitative estimate of drug-likeness (QED) is 0.0961. The minimum atomic E-state index is -1.56. The Hall–Kier alpha value is -5.51. The highest BCUT2D eigenvalue weighted by atomic mass is 16.4. The van der Waals surface area contributed by atoms with E-state index >= 15 is 0 Å². The van der Waals surface area contributed by atoms with Gasteiger partial charge in [0.1, 0.15) is 36.0 Å². The lowest BCUT2D eigenvalue weighted by Crippen LogP contribution is -2.60. The van der Waals surface area contributed by atoms with Crippen molar-refractivity contribution in [3.63, 3.8) is 0 Å². The number of nitrogens with one attached hydrogen (secondary N) is 4. The second-order valence-electron chi connectivity index (χ2n) is 12.8. The summed E-state index contributed by atoms with van der Waals surface area (Å²) in [5.41, 5.74) is 6.80. The van der Waals surface area contributed by atoms with E-state index in [2.05, 4.69) is 21.3 Å². The SMILES string of the molecule is CC[C@H](C)[C@H](NC(=O)[C@@H]1CCCN1C(=O)[C@H](Cc1ccccc1)NC(=O)CN)C(=O)N[C@@H](Cc1ccc(O)cc1)C(=O)N[C@@H](CCC(=O)O)C(=O)O. The maximum absolute atomic E-state index is 13.9. The molecule has 0 bridgehead atoms. The predicted octanol–water partition coefficient (Wildman–Crippen LogP) is 0.0618. The highest BCUT2D eigenvalue weighted by Gasteiger charge is 2.40. The molecule has 9 N–H and O–H groups in total. The van der Waals surface area contributed by atoms with Crippen molar-refractivity contribution < 1.29 is 48.9 Å². The second-order valence-corrected chi connectivity index (χ2v) is 12.8. The number of likely N-dealkylation sites (tertiary alicyclic amines) is 1. The zero-order valence-corrected chi connectivity index (χ0v) is 29.2. The first-order chi connectivity index (χ1) is 24.7. The van der Waals surface area contributed by atoms with Gasteiger partial charge >= 0.3 is 11.9 Å². The average molecular weight is 725 g/mol. The van der Waals surface area contributed by atoms with E-state index < -0.39 is 90.4 Å². The Morgan fingerprint density at radius 3 is 2.04 bits per heavy atom. The Labute approximate surface area is 301 Å². The van der Waals surface area contributed by atoms with Gasteiger partial charge in [-0.15, -0.1) is 0 Å². The molecule has 0 unspecified atom stereocenters. The first-order valence-electron chi connectivity index (χ1n) is 17.2. The molecule has 1 fully saturated rings. The molecule has 1 aliphatic rings. The monoisotopic (exact) mass is 724 g/mol. The van der Waals surface area contributed by atoms with Crippen molar-refractivity contribution in [2.75, 3.05) is 13.1 Å². The first-order valence-corrected chi connectivity index (χ1v) is 17.2. The molecule has 0 radical (unpaired) electrons. The van der Waals surface area contributed by atoms with Crippen LogP contribution >= 0.6 is 0 Å². The zero-order chi connectivity index (χ0) is 38.4. The van der Waals surface area contributed by atoms with Gasteiger partial charge in [-0.3, -0.25) is 28.8 Å². The summed E-state index contributed by atoms with van der Waals surface area (Å²) >= 11 is 0. The Kier molecular flexibility index (Phi) is 15.6. The van der Waals surface area contributed by atoms with Crippen LogP contribution in [0.3, 0.4) is 0 Å². The molecule has 1 aliphatic heterocycles. The number of carbonyl (C=O) groups is 7. The molecule has 2 aromatic carbocycles. The molecule has 1 saturated heterocycles. The Morgan fingerprint density at radius 1 is 0.827 bits per heavy atom. The number of carbonyl (C=O) groups excluding carboxylic acids is 5. The normalized spacial score (nSPS) is 16.8. The summed E-state index contributed by atoms with van der Waals surface area (Å²) in [7, 11) is 0. The highest BCUT2D eigenvalue weighted by Crippen LogP contribution is 2.21. The number of aromatic hydroxyl groups is 1. The van der Waals surface area contributed by atoms with Crippen molar-refractivity contribution in [1.29, 1.82) is 0 Å². The molecule has 0 spiro atoms. The number of amides is 5. The smallest absolute Gasteiger partial charge is 0.326 e. The van der Waals surface area contributed by atoms with Gasteiger partial charge < -0.3 is 47.2 Å². The molecule has 0 saturated carbocycles. The maximum atomic E-state index is 13.9. The van der Waals surface area contributed by atoms with Gasteiger partial charge in [-0.05, 0) is 48.4 Å². The van der Waals surface area contributed by atoms with Crippen molar-refractivity contribution in [2.45, 2.75) is 89.0 Å². The molecule has 2 aromatic rings. The average Bonchev–Trinajstić information content (AvgIpc) is 3.62. The van der Waals surface area contributed by atoms with E-state index in [1.165, 1.54) is 29.2 Å². The van der Waals surface area contributed by atoms with Crippen LogP contribution in [0.1, 0.15) is 57.1 Å².